The van der Waals surface area contributed by atoms with Crippen LogP contribution in [0.1, 0.15) is 22.2 Å². The Morgan fingerprint density at radius 1 is 1.56 bits per heavy atom. The molecule has 0 radical (unpaired) electrons. The minimum atomic E-state index is -0.335. The molecule has 1 aromatic heterocycles. The van der Waals surface area contributed by atoms with Crippen molar-refractivity contribution in [3.8, 4) is 0 Å². The summed E-state index contributed by atoms with van der Waals surface area (Å²) in [5, 5.41) is 4.31. The molecule has 1 atom stereocenters. The molecule has 1 heterocycles. The fraction of sp³-hybridized carbons (Fsp3) is 0.273. The zero-order valence-electron chi connectivity index (χ0n) is 9.65. The summed E-state index contributed by atoms with van der Waals surface area (Å²) < 4.78 is 17.6. The van der Waals surface area contributed by atoms with Gasteiger partial charge in [0.05, 0.1) is 16.6 Å². The molecule has 0 fully saturated rings. The van der Waals surface area contributed by atoms with Crippen LogP contribution in [0.25, 0.3) is 0 Å². The van der Waals surface area contributed by atoms with Crippen LogP contribution in [0.4, 0.5) is 4.39 Å². The average molecular weight is 287 g/mol. The molecule has 0 aliphatic heterocycles. The molecule has 0 amide bonds. The molecular formula is C11H12ClFN4S. The van der Waals surface area contributed by atoms with Gasteiger partial charge in [0.15, 0.2) is 0 Å². The van der Waals surface area contributed by atoms with Crippen molar-refractivity contribution in [3.63, 3.8) is 0 Å². The minimum Gasteiger partial charge on any atom is -0.271 e. The van der Waals surface area contributed by atoms with E-state index in [1.165, 1.54) is 17.6 Å². The largest absolute Gasteiger partial charge is 0.271 e. The van der Waals surface area contributed by atoms with E-state index in [0.29, 0.717) is 17.0 Å². The lowest BCUT2D eigenvalue weighted by atomic mass is 10.0. The van der Waals surface area contributed by atoms with E-state index in [-0.39, 0.29) is 11.9 Å². The maximum absolute atomic E-state index is 13.7. The Balaban J connectivity index is 2.29. The molecule has 18 heavy (non-hydrogen) atoms. The van der Waals surface area contributed by atoms with Gasteiger partial charge in [0.1, 0.15) is 5.82 Å². The number of hydrazine groups is 1. The second-order valence-corrected chi connectivity index (χ2v) is 5.04. The van der Waals surface area contributed by atoms with Crippen LogP contribution in [0, 0.1) is 12.7 Å². The molecule has 1 unspecified atom stereocenters. The van der Waals surface area contributed by atoms with Crippen molar-refractivity contribution in [2.45, 2.75) is 19.4 Å². The number of benzene rings is 1. The number of nitrogens with two attached hydrogens (primary N) is 1. The van der Waals surface area contributed by atoms with Crippen LogP contribution in [0.15, 0.2) is 18.2 Å². The van der Waals surface area contributed by atoms with Gasteiger partial charge in [-0.05, 0) is 37.0 Å². The van der Waals surface area contributed by atoms with Gasteiger partial charge in [0, 0.05) is 10.6 Å². The monoisotopic (exact) mass is 286 g/mol. The van der Waals surface area contributed by atoms with E-state index in [2.05, 4.69) is 15.0 Å². The molecule has 0 saturated heterocycles. The number of nitrogens with one attached hydrogen (secondary N) is 1. The van der Waals surface area contributed by atoms with Gasteiger partial charge in [-0.3, -0.25) is 11.3 Å². The third-order valence-corrected chi connectivity index (χ3v) is 3.97. The van der Waals surface area contributed by atoms with Crippen molar-refractivity contribution in [1.82, 2.24) is 15.0 Å². The first kappa shape index (κ1) is 13.4. The molecule has 2 rings (SSSR count). The zero-order valence-corrected chi connectivity index (χ0v) is 11.2. The molecule has 0 aliphatic rings. The highest BCUT2D eigenvalue weighted by Gasteiger charge is 2.19. The van der Waals surface area contributed by atoms with Crippen LogP contribution in [-0.2, 0) is 6.42 Å². The summed E-state index contributed by atoms with van der Waals surface area (Å²) in [6.07, 6.45) is 0.354. The van der Waals surface area contributed by atoms with E-state index in [1.807, 2.05) is 6.92 Å². The smallest absolute Gasteiger partial charge is 0.127 e. The minimum absolute atomic E-state index is 0.251. The lowest BCUT2D eigenvalue weighted by molar-refractivity contribution is 0.533. The number of aromatic nitrogens is 2. The third-order valence-electron chi connectivity index (χ3n) is 2.67. The molecule has 0 aliphatic carbocycles. The highest BCUT2D eigenvalue weighted by Crippen LogP contribution is 2.27. The summed E-state index contributed by atoms with van der Waals surface area (Å²) in [5.74, 6) is 5.18. The van der Waals surface area contributed by atoms with Crippen molar-refractivity contribution in [2.24, 2.45) is 5.84 Å². The van der Waals surface area contributed by atoms with E-state index < -0.39 is 0 Å². The predicted octanol–water partition coefficient (Wildman–Crippen LogP) is 2.39. The summed E-state index contributed by atoms with van der Waals surface area (Å²) in [6.45, 7) is 1.84. The van der Waals surface area contributed by atoms with E-state index in [9.17, 15) is 4.39 Å². The van der Waals surface area contributed by atoms with Crippen molar-refractivity contribution >= 4 is 23.1 Å². The Labute approximate surface area is 113 Å². The topological polar surface area (TPSA) is 63.8 Å². The van der Waals surface area contributed by atoms with Gasteiger partial charge in [-0.1, -0.05) is 22.2 Å². The summed E-state index contributed by atoms with van der Waals surface area (Å²) in [5.41, 5.74) is 3.88. The van der Waals surface area contributed by atoms with E-state index >= 15 is 0 Å². The molecule has 2 aromatic rings. The summed E-state index contributed by atoms with van der Waals surface area (Å²) in [4.78, 5) is 0.886. The first-order valence-corrected chi connectivity index (χ1v) is 6.46. The normalized spacial score (nSPS) is 12.7. The Kier molecular flexibility index (Phi) is 4.23. The number of aryl methyl sites for hydroxylation is 1. The van der Waals surface area contributed by atoms with Gasteiger partial charge in [-0.2, -0.15) is 0 Å². The van der Waals surface area contributed by atoms with E-state index in [4.69, 9.17) is 17.4 Å². The van der Waals surface area contributed by atoms with Crippen LogP contribution in [-0.4, -0.2) is 9.59 Å². The number of hydrogen-bond acceptors (Lipinski definition) is 5. The Bertz CT molecular complexity index is 525. The second-order valence-electron chi connectivity index (χ2n) is 3.85. The lowest BCUT2D eigenvalue weighted by Crippen LogP contribution is -2.29. The second kappa shape index (κ2) is 5.71. The highest BCUT2D eigenvalue weighted by molar-refractivity contribution is 7.05. The molecule has 7 heteroatoms. The number of rotatable bonds is 4. The standard InChI is InChI=1S/C11H12ClFN4S/c1-6-11(18-17-16-6)10(15-14)5-7-8(12)3-2-4-9(7)13/h2-4,10,15H,5,14H2,1H3. The van der Waals surface area contributed by atoms with Crippen LogP contribution < -0.4 is 11.3 Å². The fourth-order valence-electron chi connectivity index (χ4n) is 1.72. The van der Waals surface area contributed by atoms with Crippen LogP contribution in [0.3, 0.4) is 0 Å². The Hall–Kier alpha value is -1.08. The fourth-order valence-corrected chi connectivity index (χ4v) is 2.66. The lowest BCUT2D eigenvalue weighted by Gasteiger charge is -2.15. The number of nitrogens with zero attached hydrogens (tertiary/aromatic N) is 2. The number of hydrogen-bond donors (Lipinski definition) is 2. The first-order valence-electron chi connectivity index (χ1n) is 5.31. The summed E-state index contributed by atoms with van der Waals surface area (Å²) >= 11 is 7.24. The molecule has 0 spiro atoms. The van der Waals surface area contributed by atoms with Crippen molar-refractivity contribution in [2.75, 3.05) is 0 Å². The van der Waals surface area contributed by atoms with E-state index in [0.717, 1.165) is 10.6 Å². The van der Waals surface area contributed by atoms with Crippen LogP contribution in [0.5, 0.6) is 0 Å². The van der Waals surface area contributed by atoms with Crippen LogP contribution in [0.2, 0.25) is 5.02 Å². The van der Waals surface area contributed by atoms with Gasteiger partial charge in [-0.25, -0.2) is 4.39 Å². The summed E-state index contributed by atoms with van der Waals surface area (Å²) in [6, 6.07) is 4.36. The van der Waals surface area contributed by atoms with Gasteiger partial charge in [0.25, 0.3) is 0 Å². The van der Waals surface area contributed by atoms with Gasteiger partial charge in [0.2, 0.25) is 0 Å². The number of halogens is 2. The molecule has 0 bridgehead atoms. The first-order chi connectivity index (χ1) is 8.63. The van der Waals surface area contributed by atoms with Crippen LogP contribution >= 0.6 is 23.1 Å². The maximum atomic E-state index is 13.7. The Morgan fingerprint density at radius 3 is 2.89 bits per heavy atom. The van der Waals surface area contributed by atoms with Gasteiger partial charge in [-0.15, -0.1) is 5.10 Å². The molecule has 4 nitrogen and oxygen atoms in total. The third kappa shape index (κ3) is 2.67. The SMILES string of the molecule is Cc1nnsc1C(Cc1c(F)cccc1Cl)NN. The average Bonchev–Trinajstić information content (AvgIpc) is 2.76. The maximum Gasteiger partial charge on any atom is 0.127 e. The van der Waals surface area contributed by atoms with Gasteiger partial charge < -0.3 is 0 Å². The molecule has 3 N–H and O–H groups in total. The molecule has 1 aromatic carbocycles. The summed E-state index contributed by atoms with van der Waals surface area (Å²) in [7, 11) is 0. The van der Waals surface area contributed by atoms with Gasteiger partial charge >= 0.3 is 0 Å². The van der Waals surface area contributed by atoms with Crippen molar-refractivity contribution in [1.29, 1.82) is 0 Å². The molecular weight excluding hydrogens is 275 g/mol. The van der Waals surface area contributed by atoms with Crippen molar-refractivity contribution < 1.29 is 4.39 Å². The van der Waals surface area contributed by atoms with E-state index in [1.54, 1.807) is 12.1 Å². The van der Waals surface area contributed by atoms with Crippen molar-refractivity contribution in [3.05, 3.63) is 45.2 Å². The highest BCUT2D eigenvalue weighted by atomic mass is 35.5. The Morgan fingerprint density at radius 2 is 2.33 bits per heavy atom. The zero-order chi connectivity index (χ0) is 13.1. The molecule has 0 saturated carbocycles. The molecule has 96 valence electrons. The quantitative estimate of drug-likeness (QED) is 0.669. The predicted molar refractivity (Wildman–Crippen MR) is 69.8 cm³/mol.